The molecule has 3 heterocycles. The highest BCUT2D eigenvalue weighted by Crippen LogP contribution is 2.36. The molecule has 8 nitrogen and oxygen atoms in total. The SMILES string of the molecule is COc1cc(N2CCC(N(C)C)CC2)ccc1Nc1cc(N2OCCC2c2ccccc2)ncn1. The number of ether oxygens (including phenoxy) is 1. The molecule has 0 aliphatic carbocycles. The highest BCUT2D eigenvalue weighted by Gasteiger charge is 2.29. The maximum atomic E-state index is 5.94. The minimum atomic E-state index is 0.129. The Morgan fingerprint density at radius 3 is 2.54 bits per heavy atom. The van der Waals surface area contributed by atoms with E-state index < -0.39 is 0 Å². The number of methoxy groups -OCH3 is 1. The van der Waals surface area contributed by atoms with Gasteiger partial charge in [0.1, 0.15) is 17.9 Å². The zero-order valence-electron chi connectivity index (χ0n) is 20.7. The molecular formula is C27H34N6O2. The summed E-state index contributed by atoms with van der Waals surface area (Å²) in [5, 5.41) is 5.30. The summed E-state index contributed by atoms with van der Waals surface area (Å²) in [5.41, 5.74) is 3.26. The highest BCUT2D eigenvalue weighted by atomic mass is 16.7. The van der Waals surface area contributed by atoms with E-state index in [2.05, 4.69) is 81.6 Å². The lowest BCUT2D eigenvalue weighted by Gasteiger charge is -2.36. The van der Waals surface area contributed by atoms with Crippen molar-refractivity contribution in [3.8, 4) is 5.75 Å². The van der Waals surface area contributed by atoms with Crippen LogP contribution in [-0.2, 0) is 4.84 Å². The van der Waals surface area contributed by atoms with E-state index >= 15 is 0 Å². The van der Waals surface area contributed by atoms with E-state index in [9.17, 15) is 0 Å². The quantitative estimate of drug-likeness (QED) is 0.531. The van der Waals surface area contributed by atoms with Gasteiger partial charge in [-0.05, 0) is 44.6 Å². The van der Waals surface area contributed by atoms with Crippen LogP contribution in [-0.4, -0.2) is 61.8 Å². The lowest BCUT2D eigenvalue weighted by atomic mass is 10.0. The number of nitrogens with one attached hydrogen (secondary N) is 1. The van der Waals surface area contributed by atoms with E-state index in [1.54, 1.807) is 13.4 Å². The van der Waals surface area contributed by atoms with Crippen molar-refractivity contribution < 1.29 is 9.57 Å². The number of benzene rings is 2. The standard InChI is InChI=1S/C27H34N6O2/c1-31(2)21-11-14-32(15-12-21)22-9-10-23(25(17-22)34-3)30-26-18-27(29-19-28-26)33-24(13-16-35-33)20-7-5-4-6-8-20/h4-10,17-19,21,24H,11-16H2,1-3H3,(H,28,29,30). The topological polar surface area (TPSA) is 66.0 Å². The molecule has 0 amide bonds. The summed E-state index contributed by atoms with van der Waals surface area (Å²) in [6.45, 7) is 2.76. The minimum Gasteiger partial charge on any atom is -0.494 e. The zero-order chi connectivity index (χ0) is 24.2. The Bertz CT molecular complexity index is 1120. The molecule has 184 valence electrons. The van der Waals surface area contributed by atoms with E-state index in [1.165, 1.54) is 24.1 Å². The van der Waals surface area contributed by atoms with E-state index in [0.717, 1.165) is 36.8 Å². The molecular weight excluding hydrogens is 440 g/mol. The molecule has 1 atom stereocenters. The number of hydrogen-bond acceptors (Lipinski definition) is 8. The van der Waals surface area contributed by atoms with Crippen molar-refractivity contribution in [2.75, 3.05) is 56.2 Å². The second-order valence-electron chi connectivity index (χ2n) is 9.33. The Morgan fingerprint density at radius 1 is 1.00 bits per heavy atom. The van der Waals surface area contributed by atoms with Gasteiger partial charge in [-0.15, -0.1) is 0 Å². The smallest absolute Gasteiger partial charge is 0.158 e. The summed E-state index contributed by atoms with van der Waals surface area (Å²) in [4.78, 5) is 19.6. The first-order valence-corrected chi connectivity index (χ1v) is 12.3. The van der Waals surface area contributed by atoms with Crippen LogP contribution in [0, 0.1) is 0 Å². The molecule has 3 aromatic rings. The molecule has 0 spiro atoms. The van der Waals surface area contributed by atoms with Crippen molar-refractivity contribution in [2.24, 2.45) is 0 Å². The summed E-state index contributed by atoms with van der Waals surface area (Å²) < 4.78 is 5.74. The first-order valence-electron chi connectivity index (χ1n) is 12.3. The van der Waals surface area contributed by atoms with Gasteiger partial charge in [0.2, 0.25) is 0 Å². The van der Waals surface area contributed by atoms with Gasteiger partial charge in [0, 0.05) is 43.4 Å². The van der Waals surface area contributed by atoms with Crippen molar-refractivity contribution in [1.82, 2.24) is 14.9 Å². The fraction of sp³-hybridized carbons (Fsp3) is 0.407. The number of rotatable bonds is 7. The third-order valence-corrected chi connectivity index (χ3v) is 6.98. The first kappa shape index (κ1) is 23.4. The minimum absolute atomic E-state index is 0.129. The van der Waals surface area contributed by atoms with E-state index in [4.69, 9.17) is 9.57 Å². The largest absolute Gasteiger partial charge is 0.494 e. The Kier molecular flexibility index (Phi) is 7.01. The van der Waals surface area contributed by atoms with Crippen molar-refractivity contribution in [2.45, 2.75) is 31.3 Å². The van der Waals surface area contributed by atoms with Crippen LogP contribution in [0.5, 0.6) is 5.75 Å². The predicted octanol–water partition coefficient (Wildman–Crippen LogP) is 4.64. The summed E-state index contributed by atoms with van der Waals surface area (Å²) in [6.07, 6.45) is 4.82. The molecule has 2 fully saturated rings. The molecule has 8 heteroatoms. The van der Waals surface area contributed by atoms with Gasteiger partial charge in [-0.3, -0.25) is 4.84 Å². The van der Waals surface area contributed by atoms with E-state index in [1.807, 2.05) is 17.2 Å². The van der Waals surface area contributed by atoms with Gasteiger partial charge in [0.05, 0.1) is 25.4 Å². The maximum absolute atomic E-state index is 5.94. The van der Waals surface area contributed by atoms with Gasteiger partial charge in [-0.2, -0.15) is 0 Å². The fourth-order valence-electron chi connectivity index (χ4n) is 4.97. The zero-order valence-corrected chi connectivity index (χ0v) is 20.7. The molecule has 2 aliphatic heterocycles. The van der Waals surface area contributed by atoms with Crippen LogP contribution < -0.4 is 20.0 Å². The lowest BCUT2D eigenvalue weighted by molar-refractivity contribution is 0.157. The molecule has 0 saturated carbocycles. The van der Waals surface area contributed by atoms with Crippen LogP contribution in [0.3, 0.4) is 0 Å². The van der Waals surface area contributed by atoms with Gasteiger partial charge in [0.25, 0.3) is 0 Å². The molecule has 35 heavy (non-hydrogen) atoms. The lowest BCUT2D eigenvalue weighted by Crippen LogP contribution is -2.41. The Balaban J connectivity index is 1.31. The van der Waals surface area contributed by atoms with Crippen molar-refractivity contribution in [1.29, 1.82) is 0 Å². The van der Waals surface area contributed by atoms with Gasteiger partial charge in [0.15, 0.2) is 5.82 Å². The third kappa shape index (κ3) is 5.18. The molecule has 2 aromatic carbocycles. The predicted molar refractivity (Wildman–Crippen MR) is 139 cm³/mol. The number of hydrogen-bond donors (Lipinski definition) is 1. The average molecular weight is 475 g/mol. The molecule has 1 N–H and O–H groups in total. The second kappa shape index (κ2) is 10.5. The van der Waals surface area contributed by atoms with Gasteiger partial charge in [-0.25, -0.2) is 15.0 Å². The first-order chi connectivity index (χ1) is 17.1. The maximum Gasteiger partial charge on any atom is 0.158 e. The number of hydroxylamine groups is 1. The van der Waals surface area contributed by atoms with Crippen LogP contribution in [0.15, 0.2) is 60.9 Å². The van der Waals surface area contributed by atoms with Crippen LogP contribution in [0.4, 0.5) is 23.0 Å². The summed E-state index contributed by atoms with van der Waals surface area (Å²) in [5.74, 6) is 2.21. The number of piperidine rings is 1. The molecule has 5 rings (SSSR count). The molecule has 0 bridgehead atoms. The van der Waals surface area contributed by atoms with Crippen molar-refractivity contribution >= 4 is 23.0 Å². The van der Waals surface area contributed by atoms with Gasteiger partial charge < -0.3 is 19.9 Å². The monoisotopic (exact) mass is 474 g/mol. The van der Waals surface area contributed by atoms with Crippen molar-refractivity contribution in [3.63, 3.8) is 0 Å². The second-order valence-corrected chi connectivity index (χ2v) is 9.33. The molecule has 1 unspecified atom stereocenters. The van der Waals surface area contributed by atoms with E-state index in [-0.39, 0.29) is 6.04 Å². The van der Waals surface area contributed by atoms with Gasteiger partial charge >= 0.3 is 0 Å². The Hall–Kier alpha value is -3.36. The molecule has 1 aromatic heterocycles. The van der Waals surface area contributed by atoms with Crippen LogP contribution in [0.25, 0.3) is 0 Å². The third-order valence-electron chi connectivity index (χ3n) is 6.98. The molecule has 0 radical (unpaired) electrons. The fourth-order valence-corrected chi connectivity index (χ4v) is 4.97. The summed E-state index contributed by atoms with van der Waals surface area (Å²) >= 11 is 0. The number of anilines is 4. The van der Waals surface area contributed by atoms with Gasteiger partial charge in [-0.1, -0.05) is 30.3 Å². The summed E-state index contributed by atoms with van der Waals surface area (Å²) in [6, 6.07) is 19.4. The van der Waals surface area contributed by atoms with Crippen LogP contribution in [0.1, 0.15) is 30.9 Å². The van der Waals surface area contributed by atoms with Crippen LogP contribution >= 0.6 is 0 Å². The number of nitrogens with zero attached hydrogens (tertiary/aromatic N) is 5. The molecule has 2 aliphatic rings. The Morgan fingerprint density at radius 2 is 1.80 bits per heavy atom. The molecule has 2 saturated heterocycles. The normalized spacial score (nSPS) is 18.8. The van der Waals surface area contributed by atoms with Crippen molar-refractivity contribution in [3.05, 3.63) is 66.5 Å². The van der Waals surface area contributed by atoms with E-state index in [0.29, 0.717) is 18.5 Å². The number of aromatic nitrogens is 2. The van der Waals surface area contributed by atoms with Crippen LogP contribution in [0.2, 0.25) is 0 Å². The summed E-state index contributed by atoms with van der Waals surface area (Å²) in [7, 11) is 6.04. The Labute approximate surface area is 207 Å². The highest BCUT2D eigenvalue weighted by molar-refractivity contribution is 5.70. The average Bonchev–Trinajstić information content (AvgIpc) is 3.40.